The van der Waals surface area contributed by atoms with Gasteiger partial charge in [-0.2, -0.15) is 0 Å². The molecule has 0 radical (unpaired) electrons. The molecule has 0 saturated heterocycles. The number of nitrogens with zero attached hydrogens (tertiary/aromatic N) is 4. The van der Waals surface area contributed by atoms with E-state index in [1.165, 1.54) is 33.6 Å². The van der Waals surface area contributed by atoms with E-state index in [4.69, 9.17) is 38.6 Å². The average Bonchev–Trinajstić information content (AvgIpc) is 2.90. The minimum atomic E-state index is -0.288. The summed E-state index contributed by atoms with van der Waals surface area (Å²) in [6.45, 7) is 3.68. The number of aromatic nitrogens is 4. The highest BCUT2D eigenvalue weighted by atomic mass is 16.6. The molecular weight excluding hydrogens is 492 g/mol. The van der Waals surface area contributed by atoms with E-state index >= 15 is 0 Å². The first kappa shape index (κ1) is 30.3. The van der Waals surface area contributed by atoms with Crippen LogP contribution in [0.5, 0.6) is 11.8 Å². The molecular formula is C23H36N4O10. The molecule has 2 rings (SSSR count). The Bertz CT molecular complexity index is 907. The second-order valence-corrected chi connectivity index (χ2v) is 7.41. The highest BCUT2D eigenvalue weighted by Gasteiger charge is 2.05. The monoisotopic (exact) mass is 528 g/mol. The zero-order valence-electron chi connectivity index (χ0n) is 20.9. The van der Waals surface area contributed by atoms with E-state index in [1.54, 1.807) is 0 Å². The quantitative estimate of drug-likeness (QED) is 0.174. The van der Waals surface area contributed by atoms with Crippen molar-refractivity contribution >= 4 is 0 Å². The first-order valence-electron chi connectivity index (χ1n) is 12.1. The Morgan fingerprint density at radius 1 is 0.568 bits per heavy atom. The van der Waals surface area contributed by atoms with Gasteiger partial charge < -0.3 is 38.6 Å². The minimum absolute atomic E-state index is 0.0284. The van der Waals surface area contributed by atoms with Gasteiger partial charge in [-0.3, -0.25) is 9.59 Å². The lowest BCUT2D eigenvalue weighted by Crippen LogP contribution is -2.26. The van der Waals surface area contributed by atoms with Crippen molar-refractivity contribution in [2.45, 2.75) is 19.5 Å². The summed E-state index contributed by atoms with van der Waals surface area (Å²) in [4.78, 5) is 24.3. The fourth-order valence-corrected chi connectivity index (χ4v) is 2.89. The third-order valence-electron chi connectivity index (χ3n) is 4.59. The summed E-state index contributed by atoms with van der Waals surface area (Å²) in [5, 5.41) is 25.6. The summed E-state index contributed by atoms with van der Waals surface area (Å²) in [5.41, 5.74) is -0.576. The molecule has 2 aromatic rings. The van der Waals surface area contributed by atoms with E-state index in [2.05, 4.69) is 10.2 Å². The van der Waals surface area contributed by atoms with Gasteiger partial charge in [0.2, 0.25) is 11.8 Å². The lowest BCUT2D eigenvalue weighted by Gasteiger charge is -2.10. The molecule has 2 aromatic heterocycles. The molecule has 0 saturated carbocycles. The third-order valence-corrected chi connectivity index (χ3v) is 4.59. The first-order valence-corrected chi connectivity index (χ1v) is 12.1. The van der Waals surface area contributed by atoms with Gasteiger partial charge in [0.15, 0.2) is 0 Å². The Balaban J connectivity index is 1.71. The lowest BCUT2D eigenvalue weighted by atomic mass is 10.4. The third kappa shape index (κ3) is 13.3. The van der Waals surface area contributed by atoms with Gasteiger partial charge >= 0.3 is 0 Å². The van der Waals surface area contributed by atoms with Crippen molar-refractivity contribution in [1.29, 1.82) is 0 Å². The Labute approximate surface area is 214 Å². The Morgan fingerprint density at radius 3 is 1.35 bits per heavy atom. The van der Waals surface area contributed by atoms with Crippen molar-refractivity contribution in [2.24, 2.45) is 0 Å². The van der Waals surface area contributed by atoms with Crippen LogP contribution in [0, 0.1) is 0 Å². The molecule has 2 N–H and O–H groups in total. The van der Waals surface area contributed by atoms with Gasteiger partial charge in [0, 0.05) is 37.4 Å². The predicted molar refractivity (Wildman–Crippen MR) is 130 cm³/mol. The SMILES string of the molecule is O=c1ccc(OCCOCCOCCO)nn1CCCn1nc(OCCOCCOCCO)ccc1=O. The maximum atomic E-state index is 12.1. The van der Waals surface area contributed by atoms with Gasteiger partial charge in [-0.25, -0.2) is 9.36 Å². The van der Waals surface area contributed by atoms with Crippen LogP contribution in [-0.4, -0.2) is 109 Å². The Kier molecular flexibility index (Phi) is 15.8. The van der Waals surface area contributed by atoms with E-state index in [0.29, 0.717) is 46.1 Å². The van der Waals surface area contributed by atoms with E-state index in [9.17, 15) is 9.59 Å². The Hall–Kier alpha value is -2.88. The topological polar surface area (TPSA) is 166 Å². The lowest BCUT2D eigenvalue weighted by molar-refractivity contribution is 0.0241. The molecule has 208 valence electrons. The van der Waals surface area contributed by atoms with Gasteiger partial charge in [-0.05, 0) is 6.42 Å². The molecule has 14 nitrogen and oxygen atoms in total. The summed E-state index contributed by atoms with van der Waals surface area (Å²) in [5.74, 6) is 0.570. The van der Waals surface area contributed by atoms with E-state index < -0.39 is 0 Å². The molecule has 0 unspecified atom stereocenters. The number of ether oxygens (including phenoxy) is 6. The van der Waals surface area contributed by atoms with Crippen LogP contribution in [0.2, 0.25) is 0 Å². The summed E-state index contributed by atoms with van der Waals surface area (Å²) in [6.07, 6.45) is 0.431. The van der Waals surface area contributed by atoms with Crippen LogP contribution in [0.25, 0.3) is 0 Å². The van der Waals surface area contributed by atoms with Gasteiger partial charge in [0.1, 0.15) is 13.2 Å². The summed E-state index contributed by atoms with van der Waals surface area (Å²) in [7, 11) is 0. The number of rotatable bonds is 22. The molecule has 0 amide bonds. The summed E-state index contributed by atoms with van der Waals surface area (Å²) < 4.78 is 34.4. The average molecular weight is 529 g/mol. The molecule has 0 bridgehead atoms. The number of aliphatic hydroxyl groups excluding tert-OH is 2. The predicted octanol–water partition coefficient (Wildman–Crippen LogP) is -1.30. The van der Waals surface area contributed by atoms with Gasteiger partial charge in [0.05, 0.1) is 66.1 Å². The molecule has 0 fully saturated rings. The number of hydrogen-bond donors (Lipinski definition) is 2. The zero-order valence-corrected chi connectivity index (χ0v) is 20.9. The van der Waals surface area contributed by atoms with Crippen molar-refractivity contribution in [1.82, 2.24) is 19.6 Å². The van der Waals surface area contributed by atoms with Crippen molar-refractivity contribution in [3.63, 3.8) is 0 Å². The van der Waals surface area contributed by atoms with Crippen LogP contribution in [0.15, 0.2) is 33.9 Å². The fraction of sp³-hybridized carbons (Fsp3) is 0.652. The second kappa shape index (κ2) is 19.3. The van der Waals surface area contributed by atoms with Crippen LogP contribution in [0.4, 0.5) is 0 Å². The molecule has 0 aliphatic rings. The standard InChI is InChI=1S/C23H36N4O10/c28-8-10-32-12-14-34-16-18-36-20-2-4-22(30)26(24-20)6-1-7-27-23(31)5-3-21(25-27)37-19-17-35-15-13-33-11-9-29/h2-5,28-29H,1,6-19H2. The van der Waals surface area contributed by atoms with Crippen LogP contribution in [-0.2, 0) is 32.0 Å². The van der Waals surface area contributed by atoms with Crippen molar-refractivity contribution in [2.75, 3.05) is 79.3 Å². The molecule has 0 spiro atoms. The smallest absolute Gasteiger partial charge is 0.266 e. The van der Waals surface area contributed by atoms with Crippen LogP contribution < -0.4 is 20.6 Å². The second-order valence-electron chi connectivity index (χ2n) is 7.41. The molecule has 2 heterocycles. The molecule has 14 heteroatoms. The van der Waals surface area contributed by atoms with Crippen molar-refractivity contribution < 1.29 is 38.6 Å². The molecule has 0 aliphatic carbocycles. The molecule has 37 heavy (non-hydrogen) atoms. The van der Waals surface area contributed by atoms with Crippen molar-refractivity contribution in [3.8, 4) is 11.8 Å². The van der Waals surface area contributed by atoms with Gasteiger partial charge in [0.25, 0.3) is 11.1 Å². The summed E-state index contributed by atoms with van der Waals surface area (Å²) in [6, 6.07) is 5.71. The van der Waals surface area contributed by atoms with Crippen molar-refractivity contribution in [3.05, 3.63) is 45.0 Å². The van der Waals surface area contributed by atoms with Gasteiger partial charge in [-0.1, -0.05) is 0 Å². The van der Waals surface area contributed by atoms with E-state index in [0.717, 1.165) is 0 Å². The molecule has 0 aliphatic heterocycles. The highest BCUT2D eigenvalue weighted by molar-refractivity contribution is 5.07. The van der Waals surface area contributed by atoms with E-state index in [-0.39, 0.29) is 75.6 Å². The first-order chi connectivity index (χ1) is 18.1. The largest absolute Gasteiger partial charge is 0.474 e. The molecule has 0 aromatic carbocycles. The van der Waals surface area contributed by atoms with E-state index in [1.807, 2.05) is 0 Å². The maximum absolute atomic E-state index is 12.1. The van der Waals surface area contributed by atoms with Gasteiger partial charge in [-0.15, -0.1) is 10.2 Å². The highest BCUT2D eigenvalue weighted by Crippen LogP contribution is 2.04. The normalized spacial score (nSPS) is 11.1. The fourth-order valence-electron chi connectivity index (χ4n) is 2.89. The summed E-state index contributed by atoms with van der Waals surface area (Å²) >= 11 is 0. The van der Waals surface area contributed by atoms with Crippen LogP contribution >= 0.6 is 0 Å². The zero-order chi connectivity index (χ0) is 26.6. The number of aryl methyl sites for hydroxylation is 2. The number of aliphatic hydroxyl groups is 2. The number of hydrogen-bond acceptors (Lipinski definition) is 12. The molecule has 0 atom stereocenters. The maximum Gasteiger partial charge on any atom is 0.266 e. The van der Waals surface area contributed by atoms with Crippen LogP contribution in [0.1, 0.15) is 6.42 Å². The Morgan fingerprint density at radius 2 is 0.946 bits per heavy atom. The minimum Gasteiger partial charge on any atom is -0.474 e. The van der Waals surface area contributed by atoms with Crippen LogP contribution in [0.3, 0.4) is 0 Å².